The lowest BCUT2D eigenvalue weighted by Crippen LogP contribution is -2.44. The van der Waals surface area contributed by atoms with E-state index in [0.717, 1.165) is 51.9 Å². The van der Waals surface area contributed by atoms with E-state index in [-0.39, 0.29) is 29.7 Å². The Hall–Kier alpha value is -0.910. The van der Waals surface area contributed by atoms with Crippen molar-refractivity contribution in [2.45, 2.75) is 18.2 Å². The van der Waals surface area contributed by atoms with E-state index in [1.807, 2.05) is 13.0 Å². The number of benzene rings is 1. The lowest BCUT2D eigenvalue weighted by Gasteiger charge is -2.26. The molecule has 0 spiro atoms. The number of rotatable bonds is 9. The fraction of sp³-hybridized carbons (Fsp3) is 0.611. The highest BCUT2D eigenvalue weighted by molar-refractivity contribution is 14.0. The quantitative estimate of drug-likeness (QED) is 0.226. The summed E-state index contributed by atoms with van der Waals surface area (Å²) in [5.41, 5.74) is 0. The fourth-order valence-electron chi connectivity index (χ4n) is 2.69. The van der Waals surface area contributed by atoms with Crippen molar-refractivity contribution in [2.24, 2.45) is 4.99 Å². The molecule has 1 fully saturated rings. The van der Waals surface area contributed by atoms with Crippen LogP contribution in [0.3, 0.4) is 0 Å². The van der Waals surface area contributed by atoms with Gasteiger partial charge in [0.25, 0.3) is 0 Å². The number of aliphatic imine (C=N–C) groups is 1. The van der Waals surface area contributed by atoms with Crippen LogP contribution in [0, 0.1) is 0 Å². The number of nitrogens with one attached hydrogen (secondary N) is 2. The second-order valence-corrected chi connectivity index (χ2v) is 8.24. The predicted molar refractivity (Wildman–Crippen MR) is 120 cm³/mol. The Morgan fingerprint density at radius 3 is 2.56 bits per heavy atom. The third kappa shape index (κ3) is 9.22. The van der Waals surface area contributed by atoms with Crippen molar-refractivity contribution in [3.05, 3.63) is 30.3 Å². The Morgan fingerprint density at radius 1 is 1.19 bits per heavy atom. The van der Waals surface area contributed by atoms with Gasteiger partial charge in [-0.15, -0.1) is 24.0 Å². The summed E-state index contributed by atoms with van der Waals surface area (Å²) in [7, 11) is -3.23. The van der Waals surface area contributed by atoms with E-state index in [0.29, 0.717) is 17.9 Å². The summed E-state index contributed by atoms with van der Waals surface area (Å²) < 4.78 is 29.9. The molecule has 0 atom stereocenters. The van der Waals surface area contributed by atoms with Crippen LogP contribution in [-0.4, -0.2) is 77.5 Å². The minimum absolute atomic E-state index is 0. The monoisotopic (exact) mass is 510 g/mol. The molecule has 0 bridgehead atoms. The molecular formula is C18H31IN4O3S. The van der Waals surface area contributed by atoms with Gasteiger partial charge in [0, 0.05) is 39.3 Å². The second-order valence-electron chi connectivity index (χ2n) is 6.13. The van der Waals surface area contributed by atoms with Gasteiger partial charge in [0.05, 0.1) is 23.9 Å². The maximum atomic E-state index is 12.3. The van der Waals surface area contributed by atoms with Gasteiger partial charge in [-0.05, 0) is 25.5 Å². The van der Waals surface area contributed by atoms with Crippen molar-refractivity contribution in [3.8, 4) is 0 Å². The molecule has 0 saturated carbocycles. The van der Waals surface area contributed by atoms with E-state index in [4.69, 9.17) is 4.74 Å². The maximum Gasteiger partial charge on any atom is 0.191 e. The Balaban J connectivity index is 0.00000364. The molecule has 1 aromatic carbocycles. The number of halogens is 1. The van der Waals surface area contributed by atoms with Gasteiger partial charge in [-0.2, -0.15) is 0 Å². The van der Waals surface area contributed by atoms with Crippen LogP contribution in [0.5, 0.6) is 0 Å². The number of morpholine rings is 1. The van der Waals surface area contributed by atoms with Gasteiger partial charge in [-0.3, -0.25) is 9.89 Å². The topological polar surface area (TPSA) is 83.0 Å². The van der Waals surface area contributed by atoms with Crippen molar-refractivity contribution >= 4 is 39.8 Å². The SMILES string of the molecule is CCNC(=NCCCS(=O)(=O)c1ccccc1)NCCN1CCOCC1.I. The van der Waals surface area contributed by atoms with Crippen molar-refractivity contribution in [1.29, 1.82) is 0 Å². The van der Waals surface area contributed by atoms with E-state index < -0.39 is 9.84 Å². The molecule has 7 nitrogen and oxygen atoms in total. The van der Waals surface area contributed by atoms with Crippen LogP contribution in [0.2, 0.25) is 0 Å². The molecule has 2 N–H and O–H groups in total. The molecule has 1 heterocycles. The number of ether oxygens (including phenoxy) is 1. The van der Waals surface area contributed by atoms with E-state index >= 15 is 0 Å². The zero-order chi connectivity index (χ0) is 18.7. The maximum absolute atomic E-state index is 12.3. The van der Waals surface area contributed by atoms with Gasteiger partial charge in [0.1, 0.15) is 0 Å². The van der Waals surface area contributed by atoms with Crippen LogP contribution in [0.4, 0.5) is 0 Å². The van der Waals surface area contributed by atoms with Gasteiger partial charge >= 0.3 is 0 Å². The minimum atomic E-state index is -3.23. The Labute approximate surface area is 179 Å². The molecule has 27 heavy (non-hydrogen) atoms. The molecule has 0 unspecified atom stereocenters. The van der Waals surface area contributed by atoms with E-state index in [1.54, 1.807) is 24.3 Å². The molecule has 1 saturated heterocycles. The van der Waals surface area contributed by atoms with Gasteiger partial charge in [-0.1, -0.05) is 18.2 Å². The third-order valence-electron chi connectivity index (χ3n) is 4.11. The number of nitrogens with zero attached hydrogens (tertiary/aromatic N) is 2. The molecular weight excluding hydrogens is 479 g/mol. The van der Waals surface area contributed by atoms with Gasteiger partial charge in [0.2, 0.25) is 0 Å². The molecule has 0 radical (unpaired) electrons. The molecule has 0 amide bonds. The molecule has 1 aliphatic rings. The first kappa shape index (κ1) is 24.1. The van der Waals surface area contributed by atoms with Crippen molar-refractivity contribution in [2.75, 3.05) is 58.2 Å². The number of guanidine groups is 1. The summed E-state index contributed by atoms with van der Waals surface area (Å²) in [6.45, 7) is 8.52. The largest absolute Gasteiger partial charge is 0.379 e. The van der Waals surface area contributed by atoms with Crippen molar-refractivity contribution in [3.63, 3.8) is 0 Å². The highest BCUT2D eigenvalue weighted by atomic mass is 127. The van der Waals surface area contributed by atoms with Crippen LogP contribution < -0.4 is 10.6 Å². The van der Waals surface area contributed by atoms with Crippen LogP contribution in [0.1, 0.15) is 13.3 Å². The Bertz CT molecular complexity index is 650. The lowest BCUT2D eigenvalue weighted by atomic mass is 10.4. The summed E-state index contributed by atoms with van der Waals surface area (Å²) in [4.78, 5) is 7.21. The molecule has 1 aliphatic heterocycles. The fourth-order valence-corrected chi connectivity index (χ4v) is 4.01. The van der Waals surface area contributed by atoms with Crippen LogP contribution in [-0.2, 0) is 14.6 Å². The van der Waals surface area contributed by atoms with Crippen molar-refractivity contribution < 1.29 is 13.2 Å². The number of hydrogen-bond donors (Lipinski definition) is 2. The smallest absolute Gasteiger partial charge is 0.191 e. The van der Waals surface area contributed by atoms with Gasteiger partial charge in [0.15, 0.2) is 15.8 Å². The second kappa shape index (κ2) is 13.3. The summed E-state index contributed by atoms with van der Waals surface area (Å²) in [6, 6.07) is 8.57. The molecule has 0 aromatic heterocycles. The summed E-state index contributed by atoms with van der Waals surface area (Å²) in [5.74, 6) is 0.839. The molecule has 0 aliphatic carbocycles. The first-order valence-electron chi connectivity index (χ1n) is 9.22. The van der Waals surface area contributed by atoms with E-state index in [9.17, 15) is 8.42 Å². The Morgan fingerprint density at radius 2 is 1.89 bits per heavy atom. The third-order valence-corrected chi connectivity index (χ3v) is 5.93. The lowest BCUT2D eigenvalue weighted by molar-refractivity contribution is 0.0389. The highest BCUT2D eigenvalue weighted by Gasteiger charge is 2.13. The average molecular weight is 510 g/mol. The van der Waals surface area contributed by atoms with Gasteiger partial charge < -0.3 is 15.4 Å². The summed E-state index contributed by atoms with van der Waals surface area (Å²) >= 11 is 0. The van der Waals surface area contributed by atoms with Gasteiger partial charge in [-0.25, -0.2) is 8.42 Å². The molecule has 2 rings (SSSR count). The van der Waals surface area contributed by atoms with Crippen LogP contribution >= 0.6 is 24.0 Å². The van der Waals surface area contributed by atoms with Crippen molar-refractivity contribution in [1.82, 2.24) is 15.5 Å². The normalized spacial score (nSPS) is 15.8. The Kier molecular flexibility index (Phi) is 11.9. The zero-order valence-corrected chi connectivity index (χ0v) is 19.0. The predicted octanol–water partition coefficient (Wildman–Crippen LogP) is 1.36. The first-order chi connectivity index (χ1) is 12.6. The number of hydrogen-bond acceptors (Lipinski definition) is 5. The molecule has 1 aromatic rings. The standard InChI is InChI=1S/C18H30N4O3S.HI/c1-2-19-18(21-10-11-22-12-14-25-15-13-22)20-9-6-16-26(23,24)17-7-4-3-5-8-17;/h3-5,7-8H,2,6,9-16H2,1H3,(H2,19,20,21);1H. The molecule has 9 heteroatoms. The highest BCUT2D eigenvalue weighted by Crippen LogP contribution is 2.10. The minimum Gasteiger partial charge on any atom is -0.379 e. The van der Waals surface area contributed by atoms with Crippen LogP contribution in [0.15, 0.2) is 40.2 Å². The van der Waals surface area contributed by atoms with Crippen LogP contribution in [0.25, 0.3) is 0 Å². The number of sulfone groups is 1. The molecule has 154 valence electrons. The average Bonchev–Trinajstić information content (AvgIpc) is 2.67. The first-order valence-corrected chi connectivity index (χ1v) is 10.9. The van der Waals surface area contributed by atoms with E-state index in [1.165, 1.54) is 0 Å². The summed E-state index contributed by atoms with van der Waals surface area (Å²) in [5, 5.41) is 6.50. The zero-order valence-electron chi connectivity index (χ0n) is 15.9. The van der Waals surface area contributed by atoms with E-state index in [2.05, 4.69) is 20.5 Å². The summed E-state index contributed by atoms with van der Waals surface area (Å²) in [6.07, 6.45) is 0.497.